The Balaban J connectivity index is 2.10. The average Bonchev–Trinajstić information content (AvgIpc) is 2.49. The number of nitrogens with two attached hydrogens (primary N) is 1. The minimum atomic E-state index is -3.78. The van der Waals surface area contributed by atoms with Gasteiger partial charge < -0.3 is 10.5 Å². The van der Waals surface area contributed by atoms with Gasteiger partial charge in [-0.05, 0) is 46.3 Å². The monoisotopic (exact) mass is 447 g/mol. The first-order chi connectivity index (χ1) is 10.4. The third-order valence-electron chi connectivity index (χ3n) is 2.44. The Kier molecular flexibility index (Phi) is 5.43. The van der Waals surface area contributed by atoms with Gasteiger partial charge in [0.05, 0.1) is 9.37 Å². The molecule has 2 rings (SSSR count). The Hall–Kier alpha value is -1.58. The van der Waals surface area contributed by atoms with Crippen LogP contribution in [0.25, 0.3) is 0 Å². The van der Waals surface area contributed by atoms with E-state index in [2.05, 4.69) is 37.0 Å². The van der Waals surface area contributed by atoms with Gasteiger partial charge in [-0.15, -0.1) is 5.10 Å². The molecule has 0 saturated heterocycles. The van der Waals surface area contributed by atoms with Crippen LogP contribution in [-0.2, 0) is 10.0 Å². The SMILES string of the molecule is N/C(=N\NS(=O)(=O)c1ccccc1)Oc1ccc(Br)cc1Br. The van der Waals surface area contributed by atoms with Crippen molar-refractivity contribution in [1.82, 2.24) is 4.83 Å². The number of nitrogens with zero attached hydrogens (tertiary/aromatic N) is 1. The molecule has 0 heterocycles. The summed E-state index contributed by atoms with van der Waals surface area (Å²) in [6.07, 6.45) is 0. The minimum absolute atomic E-state index is 0.0800. The first kappa shape index (κ1) is 16.8. The molecular formula is C13H11Br2N3O3S. The summed E-state index contributed by atoms with van der Waals surface area (Å²) in [7, 11) is -3.78. The van der Waals surface area contributed by atoms with Crippen molar-refractivity contribution >= 4 is 47.9 Å². The van der Waals surface area contributed by atoms with Crippen LogP contribution in [0.5, 0.6) is 5.75 Å². The third kappa shape index (κ3) is 4.46. The lowest BCUT2D eigenvalue weighted by Gasteiger charge is -2.08. The van der Waals surface area contributed by atoms with E-state index in [0.29, 0.717) is 10.2 Å². The molecule has 0 fully saturated rings. The third-order valence-corrected chi connectivity index (χ3v) is 4.78. The molecule has 3 N–H and O–H groups in total. The van der Waals surface area contributed by atoms with E-state index in [9.17, 15) is 8.42 Å². The number of amidine groups is 1. The van der Waals surface area contributed by atoms with Crippen LogP contribution in [0.15, 0.2) is 67.5 Å². The maximum Gasteiger partial charge on any atom is 0.310 e. The van der Waals surface area contributed by atoms with Gasteiger partial charge in [0.15, 0.2) is 0 Å². The zero-order valence-corrected chi connectivity index (χ0v) is 15.0. The molecule has 0 aromatic heterocycles. The van der Waals surface area contributed by atoms with Crippen LogP contribution in [-0.4, -0.2) is 14.4 Å². The van der Waals surface area contributed by atoms with Gasteiger partial charge >= 0.3 is 6.02 Å². The highest BCUT2D eigenvalue weighted by molar-refractivity contribution is 9.11. The number of rotatable bonds is 4. The van der Waals surface area contributed by atoms with Crippen LogP contribution in [0.1, 0.15) is 0 Å². The molecule has 0 aliphatic carbocycles. The maximum absolute atomic E-state index is 12.0. The van der Waals surface area contributed by atoms with Crippen molar-refractivity contribution in [3.8, 4) is 5.75 Å². The van der Waals surface area contributed by atoms with E-state index in [0.717, 1.165) is 4.47 Å². The molecule has 116 valence electrons. The average molecular weight is 449 g/mol. The Bertz CT molecular complexity index is 795. The molecule has 0 amide bonds. The minimum Gasteiger partial charge on any atom is -0.424 e. The summed E-state index contributed by atoms with van der Waals surface area (Å²) in [4.78, 5) is 2.09. The van der Waals surface area contributed by atoms with Gasteiger partial charge in [0.1, 0.15) is 5.75 Å². The van der Waals surface area contributed by atoms with Crippen molar-refractivity contribution in [2.75, 3.05) is 0 Å². The molecule has 0 bridgehead atoms. The van der Waals surface area contributed by atoms with E-state index in [-0.39, 0.29) is 10.9 Å². The molecule has 0 aliphatic rings. The van der Waals surface area contributed by atoms with E-state index < -0.39 is 10.0 Å². The molecule has 0 saturated carbocycles. The number of benzene rings is 2. The van der Waals surface area contributed by atoms with Gasteiger partial charge in [-0.25, -0.2) is 0 Å². The topological polar surface area (TPSA) is 93.8 Å². The number of ether oxygens (including phenoxy) is 1. The predicted molar refractivity (Wildman–Crippen MR) is 90.9 cm³/mol. The largest absolute Gasteiger partial charge is 0.424 e. The smallest absolute Gasteiger partial charge is 0.310 e. The van der Waals surface area contributed by atoms with Crippen LogP contribution >= 0.6 is 31.9 Å². The lowest BCUT2D eigenvalue weighted by atomic mass is 10.3. The molecular weight excluding hydrogens is 438 g/mol. The highest BCUT2D eigenvalue weighted by Gasteiger charge is 2.12. The second-order valence-corrected chi connectivity index (χ2v) is 7.47. The molecule has 0 unspecified atom stereocenters. The van der Waals surface area contributed by atoms with Gasteiger partial charge in [-0.1, -0.05) is 34.1 Å². The first-order valence-corrected chi connectivity index (χ1v) is 8.98. The van der Waals surface area contributed by atoms with Gasteiger partial charge in [0.2, 0.25) is 0 Å². The summed E-state index contributed by atoms with van der Waals surface area (Å²) in [6.45, 7) is 0. The summed E-state index contributed by atoms with van der Waals surface area (Å²) < 4.78 is 30.7. The van der Waals surface area contributed by atoms with Crippen molar-refractivity contribution in [2.45, 2.75) is 4.90 Å². The van der Waals surface area contributed by atoms with Crippen LogP contribution in [0, 0.1) is 0 Å². The number of halogens is 2. The Morgan fingerprint density at radius 1 is 1.14 bits per heavy atom. The Morgan fingerprint density at radius 3 is 2.45 bits per heavy atom. The van der Waals surface area contributed by atoms with Crippen LogP contribution in [0.3, 0.4) is 0 Å². The predicted octanol–water partition coefficient (Wildman–Crippen LogP) is 2.80. The summed E-state index contributed by atoms with van der Waals surface area (Å²) in [5, 5.41) is 3.53. The molecule has 6 nitrogen and oxygen atoms in total. The van der Waals surface area contributed by atoms with Gasteiger partial charge in [-0.2, -0.15) is 13.2 Å². The maximum atomic E-state index is 12.0. The van der Waals surface area contributed by atoms with E-state index in [1.54, 1.807) is 36.4 Å². The Labute approximate surface area is 144 Å². The lowest BCUT2D eigenvalue weighted by Crippen LogP contribution is -2.27. The van der Waals surface area contributed by atoms with Crippen molar-refractivity contribution in [1.29, 1.82) is 0 Å². The van der Waals surface area contributed by atoms with E-state index >= 15 is 0 Å². The number of hydrazone groups is 1. The number of hydrogen-bond donors (Lipinski definition) is 2. The quantitative estimate of drug-likeness (QED) is 0.427. The molecule has 0 atom stereocenters. The van der Waals surface area contributed by atoms with Crippen LogP contribution in [0.2, 0.25) is 0 Å². The molecule has 9 heteroatoms. The van der Waals surface area contributed by atoms with Crippen molar-refractivity contribution in [3.05, 3.63) is 57.5 Å². The fourth-order valence-corrected chi connectivity index (χ4v) is 3.41. The van der Waals surface area contributed by atoms with Crippen molar-refractivity contribution in [2.24, 2.45) is 10.8 Å². The van der Waals surface area contributed by atoms with E-state index in [1.165, 1.54) is 12.1 Å². The Morgan fingerprint density at radius 2 is 1.82 bits per heavy atom. The zero-order valence-electron chi connectivity index (χ0n) is 11.0. The van der Waals surface area contributed by atoms with E-state index in [4.69, 9.17) is 10.5 Å². The van der Waals surface area contributed by atoms with E-state index in [1.807, 2.05) is 4.83 Å². The summed E-state index contributed by atoms with van der Waals surface area (Å²) in [6, 6.07) is 12.7. The van der Waals surface area contributed by atoms with Gasteiger partial charge in [0.25, 0.3) is 10.0 Å². The van der Waals surface area contributed by atoms with Gasteiger partial charge in [-0.3, -0.25) is 0 Å². The van der Waals surface area contributed by atoms with Gasteiger partial charge in [0, 0.05) is 4.47 Å². The lowest BCUT2D eigenvalue weighted by molar-refractivity contribution is 0.529. The molecule has 0 aliphatic heterocycles. The van der Waals surface area contributed by atoms with Crippen molar-refractivity contribution in [3.63, 3.8) is 0 Å². The summed E-state index contributed by atoms with van der Waals surface area (Å²) in [5.41, 5.74) is 5.57. The second-order valence-electron chi connectivity index (χ2n) is 4.03. The number of hydrogen-bond acceptors (Lipinski definition) is 4. The highest BCUT2D eigenvalue weighted by atomic mass is 79.9. The standard InChI is InChI=1S/C13H11Br2N3O3S/c14-9-6-7-12(11(15)8-9)21-13(16)17-18-22(19,20)10-4-2-1-3-5-10/h1-8,18H,(H2,16,17). The first-order valence-electron chi connectivity index (χ1n) is 5.91. The zero-order chi connectivity index (χ0) is 16.2. The molecule has 2 aromatic carbocycles. The normalized spacial score (nSPS) is 12.0. The van der Waals surface area contributed by atoms with Crippen LogP contribution in [0.4, 0.5) is 0 Å². The second kappa shape index (κ2) is 7.12. The molecule has 0 radical (unpaired) electrons. The molecule has 2 aromatic rings. The molecule has 0 spiro atoms. The number of nitrogens with one attached hydrogen (secondary N) is 1. The fraction of sp³-hybridized carbons (Fsp3) is 0. The molecule has 22 heavy (non-hydrogen) atoms. The highest BCUT2D eigenvalue weighted by Crippen LogP contribution is 2.28. The van der Waals surface area contributed by atoms with Crippen molar-refractivity contribution < 1.29 is 13.2 Å². The number of sulfonamides is 1. The summed E-state index contributed by atoms with van der Waals surface area (Å²) >= 11 is 6.61. The van der Waals surface area contributed by atoms with Crippen LogP contribution < -0.4 is 15.3 Å². The fourth-order valence-electron chi connectivity index (χ4n) is 1.45. The summed E-state index contributed by atoms with van der Waals surface area (Å²) in [5.74, 6) is 0.406.